The third-order valence-corrected chi connectivity index (χ3v) is 3.89. The highest BCUT2D eigenvalue weighted by molar-refractivity contribution is 5.85. The van der Waals surface area contributed by atoms with Crippen LogP contribution in [0.2, 0.25) is 0 Å². The minimum atomic E-state index is -0.531. The molecule has 0 aromatic carbocycles. The topological polar surface area (TPSA) is 75.4 Å². The molecule has 2 atom stereocenters. The minimum absolute atomic E-state index is 0. The van der Waals surface area contributed by atoms with Crippen LogP contribution in [0.15, 0.2) is 0 Å². The molecule has 1 aliphatic rings. The van der Waals surface area contributed by atoms with Crippen LogP contribution in [-0.2, 0) is 4.79 Å². The summed E-state index contributed by atoms with van der Waals surface area (Å²) in [6.07, 6.45) is 5.37. The molecule has 0 aliphatic heterocycles. The normalized spacial score (nSPS) is 20.3. The smallest absolute Gasteiger partial charge is 0.237 e. The van der Waals surface area contributed by atoms with Gasteiger partial charge in [-0.3, -0.25) is 4.79 Å². The number of aliphatic hydroxyl groups excluding tert-OH is 1. The first kappa shape index (κ1) is 18.7. The highest BCUT2D eigenvalue weighted by Gasteiger charge is 2.28. The van der Waals surface area contributed by atoms with E-state index in [1.54, 1.807) is 0 Å². The van der Waals surface area contributed by atoms with Gasteiger partial charge in [-0.15, -0.1) is 12.4 Å². The van der Waals surface area contributed by atoms with Crippen LogP contribution in [0.5, 0.6) is 0 Å². The Morgan fingerprint density at radius 1 is 1.32 bits per heavy atom. The molecule has 1 amide bonds. The van der Waals surface area contributed by atoms with Gasteiger partial charge in [-0.05, 0) is 24.2 Å². The van der Waals surface area contributed by atoms with Gasteiger partial charge in [0.05, 0.1) is 12.1 Å². The molecular formula is C14H29ClN2O2. The summed E-state index contributed by atoms with van der Waals surface area (Å²) in [6.45, 7) is 6.14. The Morgan fingerprint density at radius 3 is 2.32 bits per heavy atom. The van der Waals surface area contributed by atoms with Crippen molar-refractivity contribution in [2.75, 3.05) is 6.54 Å². The lowest BCUT2D eigenvalue weighted by molar-refractivity contribution is -0.125. The van der Waals surface area contributed by atoms with Gasteiger partial charge in [0, 0.05) is 6.54 Å². The number of hydrogen-bond donors (Lipinski definition) is 3. The fraction of sp³-hybridized carbons (Fsp3) is 0.929. The summed E-state index contributed by atoms with van der Waals surface area (Å²) in [6, 6.07) is -0.531. The van der Waals surface area contributed by atoms with Crippen LogP contribution in [0.1, 0.15) is 52.9 Å². The Kier molecular flexibility index (Phi) is 7.94. The maximum atomic E-state index is 11.8. The van der Waals surface area contributed by atoms with Crippen molar-refractivity contribution < 1.29 is 9.90 Å². The number of carbonyl (C=O) groups is 1. The van der Waals surface area contributed by atoms with Crippen LogP contribution in [0, 0.1) is 11.3 Å². The van der Waals surface area contributed by atoms with Crippen LogP contribution >= 0.6 is 12.4 Å². The van der Waals surface area contributed by atoms with Crippen molar-refractivity contribution in [1.29, 1.82) is 0 Å². The zero-order valence-corrected chi connectivity index (χ0v) is 13.1. The Bertz CT molecular complexity index is 273. The molecule has 0 bridgehead atoms. The second-order valence-electron chi connectivity index (χ2n) is 6.55. The third kappa shape index (κ3) is 6.11. The number of carbonyl (C=O) groups excluding carboxylic acids is 1. The molecule has 1 aliphatic carbocycles. The lowest BCUT2D eigenvalue weighted by Gasteiger charge is -2.29. The second-order valence-corrected chi connectivity index (χ2v) is 6.55. The van der Waals surface area contributed by atoms with Crippen molar-refractivity contribution in [2.24, 2.45) is 17.1 Å². The van der Waals surface area contributed by atoms with E-state index in [1.807, 2.05) is 20.8 Å². The maximum absolute atomic E-state index is 11.8. The van der Waals surface area contributed by atoms with E-state index < -0.39 is 12.1 Å². The molecular weight excluding hydrogens is 264 g/mol. The first-order valence-corrected chi connectivity index (χ1v) is 7.03. The van der Waals surface area contributed by atoms with E-state index in [1.165, 1.54) is 19.3 Å². The fourth-order valence-corrected chi connectivity index (χ4v) is 2.39. The van der Waals surface area contributed by atoms with Crippen LogP contribution in [0.3, 0.4) is 0 Å². The number of aliphatic hydroxyl groups is 1. The highest BCUT2D eigenvalue weighted by atomic mass is 35.5. The molecule has 0 aromatic rings. The number of amides is 1. The van der Waals surface area contributed by atoms with E-state index in [2.05, 4.69) is 5.32 Å². The molecule has 5 heteroatoms. The lowest BCUT2D eigenvalue weighted by Crippen LogP contribution is -2.50. The first-order valence-electron chi connectivity index (χ1n) is 7.03. The van der Waals surface area contributed by atoms with Gasteiger partial charge in [-0.2, -0.15) is 0 Å². The molecule has 1 rings (SSSR count). The minimum Gasteiger partial charge on any atom is -0.391 e. The third-order valence-electron chi connectivity index (χ3n) is 3.89. The highest BCUT2D eigenvalue weighted by Crippen LogP contribution is 2.26. The molecule has 1 unspecified atom stereocenters. The van der Waals surface area contributed by atoms with Gasteiger partial charge in [0.1, 0.15) is 0 Å². The molecule has 0 heterocycles. The Morgan fingerprint density at radius 2 is 1.84 bits per heavy atom. The van der Waals surface area contributed by atoms with Crippen molar-refractivity contribution >= 4 is 18.3 Å². The van der Waals surface area contributed by atoms with Crippen LogP contribution < -0.4 is 11.1 Å². The van der Waals surface area contributed by atoms with Crippen molar-refractivity contribution in [3.8, 4) is 0 Å². The number of hydrogen-bond acceptors (Lipinski definition) is 3. The molecule has 1 saturated carbocycles. The Balaban J connectivity index is 0.00000324. The molecule has 4 nitrogen and oxygen atoms in total. The number of rotatable bonds is 4. The predicted octanol–water partition coefficient (Wildman–Crippen LogP) is 1.84. The zero-order chi connectivity index (χ0) is 13.8. The van der Waals surface area contributed by atoms with E-state index in [-0.39, 0.29) is 23.7 Å². The molecule has 0 aromatic heterocycles. The monoisotopic (exact) mass is 292 g/mol. The van der Waals surface area contributed by atoms with Crippen molar-refractivity contribution in [2.45, 2.75) is 65.0 Å². The van der Waals surface area contributed by atoms with E-state index >= 15 is 0 Å². The number of nitrogens with one attached hydrogen (secondary N) is 1. The summed E-state index contributed by atoms with van der Waals surface area (Å²) in [5, 5.41) is 12.8. The van der Waals surface area contributed by atoms with E-state index in [4.69, 9.17) is 5.73 Å². The summed E-state index contributed by atoms with van der Waals surface area (Å²) >= 11 is 0. The second kappa shape index (κ2) is 8.08. The zero-order valence-electron chi connectivity index (χ0n) is 12.3. The fourth-order valence-electron chi connectivity index (χ4n) is 2.39. The number of halogens is 1. The molecule has 1 fully saturated rings. The average Bonchev–Trinajstić information content (AvgIpc) is 2.34. The van der Waals surface area contributed by atoms with E-state index in [0.717, 1.165) is 12.8 Å². The van der Waals surface area contributed by atoms with Gasteiger partial charge >= 0.3 is 0 Å². The quantitative estimate of drug-likeness (QED) is 0.740. The molecule has 19 heavy (non-hydrogen) atoms. The van der Waals surface area contributed by atoms with Gasteiger partial charge in [0.25, 0.3) is 0 Å². The summed E-state index contributed by atoms with van der Waals surface area (Å²) in [7, 11) is 0. The van der Waals surface area contributed by atoms with Gasteiger partial charge in [0.15, 0.2) is 0 Å². The number of nitrogens with two attached hydrogens (primary N) is 1. The molecule has 4 N–H and O–H groups in total. The average molecular weight is 293 g/mol. The molecule has 0 spiro atoms. The summed E-state index contributed by atoms with van der Waals surface area (Å²) < 4.78 is 0. The summed E-state index contributed by atoms with van der Waals surface area (Å²) in [5.41, 5.74) is 5.62. The predicted molar refractivity (Wildman–Crippen MR) is 80.3 cm³/mol. The van der Waals surface area contributed by atoms with Crippen LogP contribution in [0.4, 0.5) is 0 Å². The molecule has 0 radical (unpaired) electrons. The standard InChI is InChI=1S/C14H28N2O2.ClH/c1-14(2,3)12(15)13(18)16-9-11(17)10-7-5-4-6-8-10;/h10-12,17H,4-9,15H2,1-3H3,(H,16,18);1H/t11?,12-;/m1./s1. The maximum Gasteiger partial charge on any atom is 0.237 e. The lowest BCUT2D eigenvalue weighted by atomic mass is 9.85. The van der Waals surface area contributed by atoms with E-state index in [9.17, 15) is 9.90 Å². The molecule has 0 saturated heterocycles. The van der Waals surface area contributed by atoms with Crippen molar-refractivity contribution in [3.05, 3.63) is 0 Å². The van der Waals surface area contributed by atoms with Crippen LogP contribution in [-0.4, -0.2) is 29.7 Å². The van der Waals surface area contributed by atoms with Gasteiger partial charge in [-0.25, -0.2) is 0 Å². The van der Waals surface area contributed by atoms with E-state index in [0.29, 0.717) is 12.5 Å². The van der Waals surface area contributed by atoms with Crippen LogP contribution in [0.25, 0.3) is 0 Å². The van der Waals surface area contributed by atoms with Crippen molar-refractivity contribution in [1.82, 2.24) is 5.32 Å². The Hall–Kier alpha value is -0.320. The Labute approximate surface area is 122 Å². The summed E-state index contributed by atoms with van der Waals surface area (Å²) in [4.78, 5) is 11.8. The van der Waals surface area contributed by atoms with Gasteiger partial charge in [0.2, 0.25) is 5.91 Å². The largest absolute Gasteiger partial charge is 0.391 e. The molecule has 114 valence electrons. The summed E-state index contributed by atoms with van der Waals surface area (Å²) in [5.74, 6) is 0.169. The van der Waals surface area contributed by atoms with Gasteiger partial charge < -0.3 is 16.2 Å². The van der Waals surface area contributed by atoms with Gasteiger partial charge in [-0.1, -0.05) is 40.0 Å². The first-order chi connectivity index (χ1) is 8.32. The van der Waals surface area contributed by atoms with Crippen molar-refractivity contribution in [3.63, 3.8) is 0 Å². The SMILES string of the molecule is CC(C)(C)[C@H](N)C(=O)NCC(O)C1CCCCC1.Cl.